The van der Waals surface area contributed by atoms with E-state index in [1.165, 1.54) is 17.7 Å². The summed E-state index contributed by atoms with van der Waals surface area (Å²) >= 11 is 1.69. The van der Waals surface area contributed by atoms with Crippen LogP contribution in [0.3, 0.4) is 0 Å². The zero-order valence-electron chi connectivity index (χ0n) is 11.2. The number of hydrogen-bond acceptors (Lipinski definition) is 3. The van der Waals surface area contributed by atoms with Crippen molar-refractivity contribution in [3.05, 3.63) is 22.4 Å². The molecule has 4 heteroatoms. The molecule has 1 atom stereocenters. The van der Waals surface area contributed by atoms with E-state index in [1.807, 2.05) is 18.4 Å². The van der Waals surface area contributed by atoms with Crippen LogP contribution >= 0.6 is 11.3 Å². The van der Waals surface area contributed by atoms with Crippen molar-refractivity contribution in [2.75, 3.05) is 19.6 Å². The molecule has 100 valence electrons. The number of nitrogens with zero attached hydrogens (tertiary/aromatic N) is 1. The molecule has 3 nitrogen and oxygen atoms in total. The van der Waals surface area contributed by atoms with Crippen LogP contribution in [0.1, 0.15) is 37.6 Å². The molecule has 1 aliphatic rings. The Balaban J connectivity index is 1.75. The number of hydrogen-bond donors (Lipinski definition) is 1. The van der Waals surface area contributed by atoms with Gasteiger partial charge in [0.05, 0.1) is 12.6 Å². The Bertz CT molecular complexity index is 369. The zero-order valence-corrected chi connectivity index (χ0v) is 12.0. The Morgan fingerprint density at radius 3 is 2.89 bits per heavy atom. The van der Waals surface area contributed by atoms with E-state index < -0.39 is 0 Å². The van der Waals surface area contributed by atoms with E-state index in [0.29, 0.717) is 6.54 Å². The lowest BCUT2D eigenvalue weighted by Gasteiger charge is -2.29. The van der Waals surface area contributed by atoms with Crippen LogP contribution in [0.25, 0.3) is 0 Å². The van der Waals surface area contributed by atoms with Crippen molar-refractivity contribution in [1.29, 1.82) is 0 Å². The SMILES string of the molecule is CC1CCN(CC(=O)N[C@H](C)c2cccs2)CC1. The lowest BCUT2D eigenvalue weighted by molar-refractivity contribution is -0.123. The molecular formula is C14H22N2OS. The van der Waals surface area contributed by atoms with Crippen LogP contribution in [0.15, 0.2) is 17.5 Å². The number of likely N-dealkylation sites (tertiary alicyclic amines) is 1. The first-order valence-corrected chi connectivity index (χ1v) is 7.58. The van der Waals surface area contributed by atoms with Crippen LogP contribution in [0.2, 0.25) is 0 Å². The maximum atomic E-state index is 12.0. The number of carbonyl (C=O) groups excluding carboxylic acids is 1. The van der Waals surface area contributed by atoms with Gasteiger partial charge >= 0.3 is 0 Å². The summed E-state index contributed by atoms with van der Waals surface area (Å²) in [5.41, 5.74) is 0. The standard InChI is InChI=1S/C14H22N2OS/c1-11-5-7-16(8-6-11)10-14(17)15-12(2)13-4-3-9-18-13/h3-4,9,11-12H,5-8,10H2,1-2H3,(H,15,17)/t12-/m1/s1. The lowest BCUT2D eigenvalue weighted by atomic mass is 9.99. The van der Waals surface area contributed by atoms with Gasteiger partial charge in [0, 0.05) is 4.88 Å². The largest absolute Gasteiger partial charge is 0.348 e. The third kappa shape index (κ3) is 3.82. The topological polar surface area (TPSA) is 32.3 Å². The molecule has 0 bridgehead atoms. The van der Waals surface area contributed by atoms with Gasteiger partial charge in [-0.1, -0.05) is 13.0 Å². The molecule has 0 radical (unpaired) electrons. The van der Waals surface area contributed by atoms with Crippen LogP contribution in [0, 0.1) is 5.92 Å². The highest BCUT2D eigenvalue weighted by Gasteiger charge is 2.19. The molecule has 0 spiro atoms. The molecule has 0 aliphatic carbocycles. The smallest absolute Gasteiger partial charge is 0.234 e. The summed E-state index contributed by atoms with van der Waals surface area (Å²) in [7, 11) is 0. The summed E-state index contributed by atoms with van der Waals surface area (Å²) in [6.07, 6.45) is 2.43. The second-order valence-electron chi connectivity index (χ2n) is 5.26. The minimum Gasteiger partial charge on any atom is -0.348 e. The second-order valence-corrected chi connectivity index (χ2v) is 6.24. The number of thiophene rings is 1. The van der Waals surface area contributed by atoms with Gasteiger partial charge in [0.25, 0.3) is 0 Å². The van der Waals surface area contributed by atoms with E-state index in [2.05, 4.69) is 23.2 Å². The first-order valence-electron chi connectivity index (χ1n) is 6.70. The average Bonchev–Trinajstić information content (AvgIpc) is 2.85. The Kier molecular flexibility index (Phi) is 4.78. The minimum atomic E-state index is 0.126. The van der Waals surface area contributed by atoms with Crippen LogP contribution in [-0.4, -0.2) is 30.4 Å². The molecule has 0 aromatic carbocycles. The third-order valence-corrected chi connectivity index (χ3v) is 4.65. The molecule has 1 aromatic rings. The fourth-order valence-electron chi connectivity index (χ4n) is 2.32. The molecule has 2 rings (SSSR count). The molecule has 1 aromatic heterocycles. The highest BCUT2D eigenvalue weighted by molar-refractivity contribution is 7.10. The number of nitrogens with one attached hydrogen (secondary N) is 1. The fourth-order valence-corrected chi connectivity index (χ4v) is 3.05. The quantitative estimate of drug-likeness (QED) is 0.908. The second kappa shape index (κ2) is 6.34. The van der Waals surface area contributed by atoms with Gasteiger partial charge in [-0.05, 0) is 50.2 Å². The molecule has 1 saturated heterocycles. The predicted octanol–water partition coefficient (Wildman–Crippen LogP) is 2.66. The van der Waals surface area contributed by atoms with Gasteiger partial charge in [-0.25, -0.2) is 0 Å². The summed E-state index contributed by atoms with van der Waals surface area (Å²) in [6.45, 7) is 6.99. The van der Waals surface area contributed by atoms with Crippen molar-refractivity contribution in [3.63, 3.8) is 0 Å². The Morgan fingerprint density at radius 2 is 2.28 bits per heavy atom. The summed E-state index contributed by atoms with van der Waals surface area (Å²) < 4.78 is 0. The van der Waals surface area contributed by atoms with E-state index in [4.69, 9.17) is 0 Å². The molecule has 18 heavy (non-hydrogen) atoms. The number of rotatable bonds is 4. The lowest BCUT2D eigenvalue weighted by Crippen LogP contribution is -2.41. The van der Waals surface area contributed by atoms with Gasteiger partial charge < -0.3 is 5.32 Å². The third-order valence-electron chi connectivity index (χ3n) is 3.59. The summed E-state index contributed by atoms with van der Waals surface area (Å²) in [6, 6.07) is 4.22. The highest BCUT2D eigenvalue weighted by atomic mass is 32.1. The van der Waals surface area contributed by atoms with Crippen LogP contribution in [0.4, 0.5) is 0 Å². The van der Waals surface area contributed by atoms with Crippen LogP contribution in [0.5, 0.6) is 0 Å². The molecule has 1 amide bonds. The van der Waals surface area contributed by atoms with Crippen molar-refractivity contribution in [2.45, 2.75) is 32.7 Å². The van der Waals surface area contributed by atoms with Crippen molar-refractivity contribution in [1.82, 2.24) is 10.2 Å². The van der Waals surface area contributed by atoms with E-state index >= 15 is 0 Å². The number of carbonyl (C=O) groups is 1. The number of amides is 1. The van der Waals surface area contributed by atoms with E-state index in [0.717, 1.165) is 19.0 Å². The fraction of sp³-hybridized carbons (Fsp3) is 0.643. The molecule has 1 aliphatic heterocycles. The summed E-state index contributed by atoms with van der Waals surface area (Å²) in [5.74, 6) is 0.958. The zero-order chi connectivity index (χ0) is 13.0. The van der Waals surface area contributed by atoms with Gasteiger partial charge in [0.2, 0.25) is 5.91 Å². The van der Waals surface area contributed by atoms with E-state index in [9.17, 15) is 4.79 Å². The number of piperidine rings is 1. The van der Waals surface area contributed by atoms with Crippen molar-refractivity contribution < 1.29 is 4.79 Å². The van der Waals surface area contributed by atoms with E-state index in [1.54, 1.807) is 11.3 Å². The molecule has 2 heterocycles. The molecule has 1 fully saturated rings. The van der Waals surface area contributed by atoms with Crippen LogP contribution in [-0.2, 0) is 4.79 Å². The monoisotopic (exact) mass is 266 g/mol. The first-order chi connectivity index (χ1) is 8.65. The van der Waals surface area contributed by atoms with Crippen molar-refractivity contribution >= 4 is 17.2 Å². The molecule has 0 unspecified atom stereocenters. The average molecular weight is 266 g/mol. The van der Waals surface area contributed by atoms with Crippen molar-refractivity contribution in [3.8, 4) is 0 Å². The predicted molar refractivity (Wildman–Crippen MR) is 75.7 cm³/mol. The maximum absolute atomic E-state index is 12.0. The first kappa shape index (κ1) is 13.6. The van der Waals surface area contributed by atoms with Crippen LogP contribution < -0.4 is 5.32 Å². The van der Waals surface area contributed by atoms with Gasteiger partial charge in [-0.15, -0.1) is 11.3 Å². The Hall–Kier alpha value is -0.870. The molecular weight excluding hydrogens is 244 g/mol. The van der Waals surface area contributed by atoms with Gasteiger partial charge in [-0.3, -0.25) is 9.69 Å². The highest BCUT2D eigenvalue weighted by Crippen LogP contribution is 2.18. The normalized spacial score (nSPS) is 19.7. The van der Waals surface area contributed by atoms with Crippen molar-refractivity contribution in [2.24, 2.45) is 5.92 Å². The summed E-state index contributed by atoms with van der Waals surface area (Å²) in [5, 5.41) is 5.12. The summed E-state index contributed by atoms with van der Waals surface area (Å²) in [4.78, 5) is 15.4. The van der Waals surface area contributed by atoms with Gasteiger partial charge in [-0.2, -0.15) is 0 Å². The molecule has 1 N–H and O–H groups in total. The Morgan fingerprint density at radius 1 is 1.56 bits per heavy atom. The van der Waals surface area contributed by atoms with Gasteiger partial charge in [0.15, 0.2) is 0 Å². The van der Waals surface area contributed by atoms with Gasteiger partial charge in [0.1, 0.15) is 0 Å². The Labute approximate surface area is 113 Å². The molecule has 0 saturated carbocycles. The maximum Gasteiger partial charge on any atom is 0.234 e. The minimum absolute atomic E-state index is 0.126. The van der Waals surface area contributed by atoms with E-state index in [-0.39, 0.29) is 11.9 Å².